The topological polar surface area (TPSA) is 26.0 Å². The van der Waals surface area contributed by atoms with Gasteiger partial charge in [-0.3, -0.25) is 0 Å². The molecule has 0 saturated heterocycles. The monoisotopic (exact) mass is 175 g/mol. The van der Waals surface area contributed by atoms with E-state index in [1.54, 1.807) is 6.26 Å². The molecule has 0 aliphatic rings. The molecule has 1 heterocycles. The maximum atomic E-state index is 4.60. The van der Waals surface area contributed by atoms with Crippen molar-refractivity contribution in [2.45, 2.75) is 11.8 Å². The first-order valence-corrected chi connectivity index (χ1v) is 3.26. The molecule has 2 nitrogen and oxygen atoms in total. The summed E-state index contributed by atoms with van der Waals surface area (Å²) in [6.07, 6.45) is 1.56. The standard InChI is InChI=1S/C5H6BrNO/c1-4(6)5-2-3-8-7-5/h2-4H,1H3. The molecule has 3 heteroatoms. The van der Waals surface area contributed by atoms with Gasteiger partial charge in [0.15, 0.2) is 0 Å². The Morgan fingerprint density at radius 1 is 1.88 bits per heavy atom. The molecule has 1 rings (SSSR count). The van der Waals surface area contributed by atoms with Crippen molar-refractivity contribution in [3.63, 3.8) is 0 Å². The van der Waals surface area contributed by atoms with Crippen LogP contribution < -0.4 is 0 Å². The van der Waals surface area contributed by atoms with E-state index in [0.29, 0.717) is 4.83 Å². The number of alkyl halides is 1. The number of hydrogen-bond donors (Lipinski definition) is 0. The van der Waals surface area contributed by atoms with Crippen LogP contribution in [0.4, 0.5) is 0 Å². The zero-order valence-electron chi connectivity index (χ0n) is 4.47. The van der Waals surface area contributed by atoms with E-state index in [0.717, 1.165) is 5.69 Å². The first kappa shape index (κ1) is 5.82. The highest BCUT2D eigenvalue weighted by Crippen LogP contribution is 2.18. The van der Waals surface area contributed by atoms with E-state index < -0.39 is 0 Å². The highest BCUT2D eigenvalue weighted by Gasteiger charge is 2.00. The summed E-state index contributed by atoms with van der Waals surface area (Å²) in [5, 5.41) is 3.69. The largest absolute Gasteiger partial charge is 0.364 e. The SMILES string of the molecule is CC(Br)c1ccon1. The van der Waals surface area contributed by atoms with Gasteiger partial charge in [0.05, 0.1) is 10.5 Å². The summed E-state index contributed by atoms with van der Waals surface area (Å²) in [6.45, 7) is 2.00. The predicted molar refractivity (Wildman–Crippen MR) is 33.8 cm³/mol. The lowest BCUT2D eigenvalue weighted by molar-refractivity contribution is 0.412. The molecule has 1 unspecified atom stereocenters. The maximum Gasteiger partial charge on any atom is 0.124 e. The number of hydrogen-bond acceptors (Lipinski definition) is 2. The molecular weight excluding hydrogens is 170 g/mol. The Bertz CT molecular complexity index is 147. The number of aromatic nitrogens is 1. The molecular formula is C5H6BrNO. The second kappa shape index (κ2) is 2.31. The van der Waals surface area contributed by atoms with E-state index in [2.05, 4.69) is 25.6 Å². The minimum absolute atomic E-state index is 0.293. The van der Waals surface area contributed by atoms with Gasteiger partial charge in [0.25, 0.3) is 0 Å². The molecule has 1 aromatic rings. The molecule has 0 amide bonds. The summed E-state index contributed by atoms with van der Waals surface area (Å²) < 4.78 is 4.60. The summed E-state index contributed by atoms with van der Waals surface area (Å²) in [5.41, 5.74) is 0.935. The summed E-state index contributed by atoms with van der Waals surface area (Å²) in [5.74, 6) is 0. The van der Waals surface area contributed by atoms with Crippen LogP contribution in [0, 0.1) is 0 Å². The molecule has 0 aromatic carbocycles. The van der Waals surface area contributed by atoms with Crippen molar-refractivity contribution in [1.82, 2.24) is 5.16 Å². The number of nitrogens with zero attached hydrogens (tertiary/aromatic N) is 1. The lowest BCUT2D eigenvalue weighted by atomic mass is 10.3. The predicted octanol–water partition coefficient (Wildman–Crippen LogP) is 2.13. The summed E-state index contributed by atoms with van der Waals surface area (Å²) in [4.78, 5) is 0.293. The molecule has 0 radical (unpaired) electrons. The highest BCUT2D eigenvalue weighted by atomic mass is 79.9. The lowest BCUT2D eigenvalue weighted by Crippen LogP contribution is -1.79. The van der Waals surface area contributed by atoms with Crippen LogP contribution in [-0.2, 0) is 0 Å². The van der Waals surface area contributed by atoms with Crippen molar-refractivity contribution >= 4 is 15.9 Å². The van der Waals surface area contributed by atoms with E-state index in [1.807, 2.05) is 13.0 Å². The third-order valence-corrected chi connectivity index (χ3v) is 1.33. The smallest absolute Gasteiger partial charge is 0.124 e. The molecule has 0 N–H and O–H groups in total. The normalized spacial score (nSPS) is 13.8. The quantitative estimate of drug-likeness (QED) is 0.612. The van der Waals surface area contributed by atoms with Gasteiger partial charge >= 0.3 is 0 Å². The van der Waals surface area contributed by atoms with Gasteiger partial charge in [0, 0.05) is 6.07 Å². The van der Waals surface area contributed by atoms with Crippen LogP contribution in [-0.4, -0.2) is 5.16 Å². The summed E-state index contributed by atoms with van der Waals surface area (Å²) in [6, 6.07) is 1.83. The molecule has 0 aliphatic carbocycles. The first-order chi connectivity index (χ1) is 3.80. The molecule has 0 aliphatic heterocycles. The fraction of sp³-hybridized carbons (Fsp3) is 0.400. The van der Waals surface area contributed by atoms with Crippen molar-refractivity contribution in [1.29, 1.82) is 0 Å². The molecule has 44 valence electrons. The molecule has 1 atom stereocenters. The molecule has 0 spiro atoms. The minimum atomic E-state index is 0.293. The van der Waals surface area contributed by atoms with Gasteiger partial charge < -0.3 is 4.52 Å². The molecule has 0 fully saturated rings. The van der Waals surface area contributed by atoms with E-state index in [4.69, 9.17) is 0 Å². The van der Waals surface area contributed by atoms with E-state index >= 15 is 0 Å². The third kappa shape index (κ3) is 1.10. The Balaban J connectivity index is 2.77. The van der Waals surface area contributed by atoms with E-state index in [9.17, 15) is 0 Å². The number of rotatable bonds is 1. The second-order valence-electron chi connectivity index (χ2n) is 1.54. The highest BCUT2D eigenvalue weighted by molar-refractivity contribution is 9.09. The van der Waals surface area contributed by atoms with Gasteiger partial charge in [-0.05, 0) is 6.92 Å². The Morgan fingerprint density at radius 3 is 2.88 bits per heavy atom. The lowest BCUT2D eigenvalue weighted by Gasteiger charge is -1.90. The first-order valence-electron chi connectivity index (χ1n) is 2.35. The van der Waals surface area contributed by atoms with E-state index in [-0.39, 0.29) is 0 Å². The summed E-state index contributed by atoms with van der Waals surface area (Å²) in [7, 11) is 0. The maximum absolute atomic E-state index is 4.60. The Kier molecular flexibility index (Phi) is 1.68. The zero-order chi connectivity index (χ0) is 5.98. The van der Waals surface area contributed by atoms with Gasteiger partial charge in [-0.25, -0.2) is 0 Å². The van der Waals surface area contributed by atoms with Crippen LogP contribution in [0.2, 0.25) is 0 Å². The van der Waals surface area contributed by atoms with Gasteiger partial charge in [0.1, 0.15) is 6.26 Å². The molecule has 0 bridgehead atoms. The Morgan fingerprint density at radius 2 is 2.62 bits per heavy atom. The minimum Gasteiger partial charge on any atom is -0.364 e. The van der Waals surface area contributed by atoms with Crippen molar-refractivity contribution in [3.8, 4) is 0 Å². The van der Waals surface area contributed by atoms with Crippen molar-refractivity contribution in [2.75, 3.05) is 0 Å². The van der Waals surface area contributed by atoms with Gasteiger partial charge in [-0.1, -0.05) is 21.1 Å². The van der Waals surface area contributed by atoms with Crippen LogP contribution >= 0.6 is 15.9 Å². The second-order valence-corrected chi connectivity index (χ2v) is 2.91. The van der Waals surface area contributed by atoms with Crippen LogP contribution in [0.1, 0.15) is 17.4 Å². The Labute approximate surface area is 56.0 Å². The Hall–Kier alpha value is -0.310. The molecule has 1 aromatic heterocycles. The van der Waals surface area contributed by atoms with Gasteiger partial charge in [-0.15, -0.1) is 0 Å². The van der Waals surface area contributed by atoms with Crippen LogP contribution in [0.25, 0.3) is 0 Å². The van der Waals surface area contributed by atoms with Crippen LogP contribution in [0.5, 0.6) is 0 Å². The number of halogens is 1. The molecule has 0 saturated carbocycles. The van der Waals surface area contributed by atoms with E-state index in [1.165, 1.54) is 0 Å². The molecule has 8 heavy (non-hydrogen) atoms. The van der Waals surface area contributed by atoms with Crippen molar-refractivity contribution < 1.29 is 4.52 Å². The van der Waals surface area contributed by atoms with Gasteiger partial charge in [0.2, 0.25) is 0 Å². The van der Waals surface area contributed by atoms with Crippen molar-refractivity contribution in [3.05, 3.63) is 18.0 Å². The van der Waals surface area contributed by atoms with Crippen LogP contribution in [0.3, 0.4) is 0 Å². The zero-order valence-corrected chi connectivity index (χ0v) is 6.05. The van der Waals surface area contributed by atoms with Crippen molar-refractivity contribution in [2.24, 2.45) is 0 Å². The van der Waals surface area contributed by atoms with Gasteiger partial charge in [-0.2, -0.15) is 0 Å². The third-order valence-electron chi connectivity index (χ3n) is 0.865. The summed E-state index contributed by atoms with van der Waals surface area (Å²) >= 11 is 3.34. The fourth-order valence-electron chi connectivity index (χ4n) is 0.427. The average Bonchev–Trinajstić information content (AvgIpc) is 2.12. The van der Waals surface area contributed by atoms with Crippen LogP contribution in [0.15, 0.2) is 16.9 Å². The average molecular weight is 176 g/mol. The fourth-order valence-corrected chi connectivity index (χ4v) is 0.663.